The van der Waals surface area contributed by atoms with Gasteiger partial charge in [-0.1, -0.05) is 6.92 Å². The van der Waals surface area contributed by atoms with E-state index in [4.69, 9.17) is 5.11 Å². The molecule has 0 spiro atoms. The Morgan fingerprint density at radius 2 is 2.40 bits per heavy atom. The predicted molar refractivity (Wildman–Crippen MR) is 58.2 cm³/mol. The quantitative estimate of drug-likeness (QED) is 0.709. The van der Waals surface area contributed by atoms with Crippen LogP contribution in [0.25, 0.3) is 0 Å². The number of nitrogens with one attached hydrogen (secondary N) is 1. The lowest BCUT2D eigenvalue weighted by molar-refractivity contribution is 0.229. The molecule has 0 aromatic carbocycles. The third-order valence-electron chi connectivity index (χ3n) is 2.24. The molecule has 0 radical (unpaired) electrons. The van der Waals surface area contributed by atoms with E-state index in [0.717, 1.165) is 12.8 Å². The summed E-state index contributed by atoms with van der Waals surface area (Å²) in [5.41, 5.74) is 0. The molecule has 1 heterocycles. The van der Waals surface area contributed by atoms with Gasteiger partial charge in [0.25, 0.3) is 0 Å². The zero-order chi connectivity index (χ0) is 11.1. The molecule has 0 amide bonds. The van der Waals surface area contributed by atoms with Gasteiger partial charge in [-0.15, -0.1) is 0 Å². The molecular weight excluding hydrogens is 195 g/mol. The lowest BCUT2D eigenvalue weighted by atomic mass is 10.1. The third-order valence-corrected chi connectivity index (χ3v) is 2.24. The van der Waals surface area contributed by atoms with Gasteiger partial charge in [0.05, 0.1) is 0 Å². The molecule has 1 atom stereocenters. The second-order valence-corrected chi connectivity index (χ2v) is 3.69. The molecule has 0 aliphatic heterocycles. The Morgan fingerprint density at radius 3 is 3.07 bits per heavy atom. The Labute approximate surface area is 89.4 Å². The van der Waals surface area contributed by atoms with E-state index < -0.39 is 0 Å². The van der Waals surface area contributed by atoms with E-state index in [-0.39, 0.29) is 12.4 Å². The predicted octanol–water partition coefficient (Wildman–Crippen LogP) is 2.04. The number of halogens is 1. The van der Waals surface area contributed by atoms with Gasteiger partial charge in [0.1, 0.15) is 0 Å². The molecule has 1 aromatic heterocycles. The molecule has 3 nitrogen and oxygen atoms in total. The Bertz CT molecular complexity index is 294. The number of hydrogen-bond donors (Lipinski definition) is 2. The maximum absolute atomic E-state index is 13.1. The van der Waals surface area contributed by atoms with Crippen LogP contribution in [0.15, 0.2) is 18.3 Å². The van der Waals surface area contributed by atoms with Crippen LogP contribution in [0.2, 0.25) is 0 Å². The molecule has 0 fully saturated rings. The van der Waals surface area contributed by atoms with Crippen molar-refractivity contribution in [3.05, 3.63) is 24.1 Å². The van der Waals surface area contributed by atoms with Crippen LogP contribution in [0.5, 0.6) is 0 Å². The molecule has 0 bridgehead atoms. The number of rotatable bonds is 6. The molecule has 1 aromatic rings. The van der Waals surface area contributed by atoms with Crippen LogP contribution < -0.4 is 5.32 Å². The summed E-state index contributed by atoms with van der Waals surface area (Å²) in [5.74, 6) is 0.280. The molecule has 0 aliphatic carbocycles. The lowest BCUT2D eigenvalue weighted by Gasteiger charge is -2.08. The van der Waals surface area contributed by atoms with Gasteiger partial charge in [0.15, 0.2) is 11.6 Å². The first-order valence-corrected chi connectivity index (χ1v) is 5.19. The molecule has 2 N–H and O–H groups in total. The van der Waals surface area contributed by atoms with Crippen molar-refractivity contribution < 1.29 is 9.50 Å². The van der Waals surface area contributed by atoms with E-state index in [1.54, 1.807) is 12.3 Å². The number of nitrogens with zero attached hydrogens (tertiary/aromatic N) is 1. The van der Waals surface area contributed by atoms with E-state index >= 15 is 0 Å². The van der Waals surface area contributed by atoms with Gasteiger partial charge < -0.3 is 10.4 Å². The smallest absolute Gasteiger partial charge is 0.165 e. The highest BCUT2D eigenvalue weighted by atomic mass is 19.1. The summed E-state index contributed by atoms with van der Waals surface area (Å²) < 4.78 is 13.1. The van der Waals surface area contributed by atoms with E-state index in [9.17, 15) is 4.39 Å². The van der Waals surface area contributed by atoms with Crippen molar-refractivity contribution in [1.29, 1.82) is 0 Å². The Kier molecular flexibility index (Phi) is 5.04. The average Bonchev–Trinajstić information content (AvgIpc) is 2.26. The Balaban J connectivity index is 2.23. The number of hydrogen-bond acceptors (Lipinski definition) is 3. The standard InChI is InChI=1S/C11H17FN2O/c1-9(8-15)4-2-6-13-11-10(12)5-3-7-14-11/h3,5,7,9,15H,2,4,6,8H2,1H3,(H,13,14). The zero-order valence-corrected chi connectivity index (χ0v) is 8.91. The van der Waals surface area contributed by atoms with Crippen LogP contribution in [0.4, 0.5) is 10.2 Å². The Hall–Kier alpha value is -1.16. The molecule has 84 valence electrons. The Morgan fingerprint density at radius 1 is 1.60 bits per heavy atom. The summed E-state index contributed by atoms with van der Waals surface area (Å²) in [4.78, 5) is 3.88. The van der Waals surface area contributed by atoms with Gasteiger partial charge in [-0.3, -0.25) is 0 Å². The second-order valence-electron chi connectivity index (χ2n) is 3.69. The fourth-order valence-corrected chi connectivity index (χ4v) is 1.26. The lowest BCUT2D eigenvalue weighted by Crippen LogP contribution is -2.08. The molecule has 1 rings (SSSR count). The molecule has 4 heteroatoms. The summed E-state index contributed by atoms with van der Waals surface area (Å²) >= 11 is 0. The summed E-state index contributed by atoms with van der Waals surface area (Å²) in [6.07, 6.45) is 3.39. The minimum atomic E-state index is -0.326. The minimum absolute atomic E-state index is 0.206. The summed E-state index contributed by atoms with van der Waals surface area (Å²) in [6.45, 7) is 2.87. The molecule has 0 aliphatic rings. The summed E-state index contributed by atoms with van der Waals surface area (Å²) in [6, 6.07) is 2.94. The van der Waals surface area contributed by atoms with E-state index in [1.807, 2.05) is 6.92 Å². The van der Waals surface area contributed by atoms with Crippen molar-refractivity contribution in [2.45, 2.75) is 19.8 Å². The summed E-state index contributed by atoms with van der Waals surface area (Å²) in [7, 11) is 0. The van der Waals surface area contributed by atoms with Crippen molar-refractivity contribution in [2.75, 3.05) is 18.5 Å². The van der Waals surface area contributed by atoms with Gasteiger partial charge in [0, 0.05) is 19.3 Å². The van der Waals surface area contributed by atoms with Crippen LogP contribution in [0.1, 0.15) is 19.8 Å². The van der Waals surface area contributed by atoms with Crippen LogP contribution in [0.3, 0.4) is 0 Å². The molecule has 15 heavy (non-hydrogen) atoms. The highest BCUT2D eigenvalue weighted by Gasteiger charge is 2.02. The van der Waals surface area contributed by atoms with Gasteiger partial charge in [-0.25, -0.2) is 9.37 Å². The number of aromatic nitrogens is 1. The summed E-state index contributed by atoms with van der Waals surface area (Å²) in [5, 5.41) is 11.7. The molecule has 0 saturated carbocycles. The van der Waals surface area contributed by atoms with E-state index in [2.05, 4.69) is 10.3 Å². The van der Waals surface area contributed by atoms with Crippen molar-refractivity contribution in [1.82, 2.24) is 4.98 Å². The monoisotopic (exact) mass is 212 g/mol. The number of aliphatic hydroxyl groups excluding tert-OH is 1. The van der Waals surface area contributed by atoms with Crippen molar-refractivity contribution >= 4 is 5.82 Å². The molecule has 0 saturated heterocycles. The van der Waals surface area contributed by atoms with E-state index in [0.29, 0.717) is 18.3 Å². The van der Waals surface area contributed by atoms with Gasteiger partial charge in [0.2, 0.25) is 0 Å². The van der Waals surface area contributed by atoms with E-state index in [1.165, 1.54) is 6.07 Å². The number of aliphatic hydroxyl groups is 1. The maximum Gasteiger partial charge on any atom is 0.165 e. The van der Waals surface area contributed by atoms with Gasteiger partial charge >= 0.3 is 0 Å². The number of anilines is 1. The van der Waals surface area contributed by atoms with Crippen LogP contribution >= 0.6 is 0 Å². The van der Waals surface area contributed by atoms with Crippen LogP contribution in [-0.4, -0.2) is 23.2 Å². The van der Waals surface area contributed by atoms with Gasteiger partial charge in [-0.2, -0.15) is 0 Å². The van der Waals surface area contributed by atoms with Gasteiger partial charge in [-0.05, 0) is 30.9 Å². The SMILES string of the molecule is CC(CO)CCCNc1ncccc1F. The third kappa shape index (κ3) is 4.25. The van der Waals surface area contributed by atoms with Crippen LogP contribution in [-0.2, 0) is 0 Å². The fourth-order valence-electron chi connectivity index (χ4n) is 1.26. The topological polar surface area (TPSA) is 45.1 Å². The first-order valence-electron chi connectivity index (χ1n) is 5.19. The number of pyridine rings is 1. The second kappa shape index (κ2) is 6.35. The highest BCUT2D eigenvalue weighted by molar-refractivity contribution is 5.35. The maximum atomic E-state index is 13.1. The molecule has 1 unspecified atom stereocenters. The fraction of sp³-hybridized carbons (Fsp3) is 0.545. The van der Waals surface area contributed by atoms with Crippen LogP contribution in [0, 0.1) is 11.7 Å². The largest absolute Gasteiger partial charge is 0.396 e. The van der Waals surface area contributed by atoms with Crippen molar-refractivity contribution in [3.8, 4) is 0 Å². The van der Waals surface area contributed by atoms with Crippen molar-refractivity contribution in [3.63, 3.8) is 0 Å². The first kappa shape index (κ1) is 11.9. The van der Waals surface area contributed by atoms with Crippen molar-refractivity contribution in [2.24, 2.45) is 5.92 Å². The average molecular weight is 212 g/mol. The zero-order valence-electron chi connectivity index (χ0n) is 8.91. The first-order chi connectivity index (χ1) is 7.24. The minimum Gasteiger partial charge on any atom is -0.396 e. The highest BCUT2D eigenvalue weighted by Crippen LogP contribution is 2.09. The molecular formula is C11H17FN2O. The normalized spacial score (nSPS) is 12.5.